The van der Waals surface area contributed by atoms with Gasteiger partial charge in [0, 0.05) is 22.0 Å². The van der Waals surface area contributed by atoms with Crippen LogP contribution in [0.3, 0.4) is 0 Å². The van der Waals surface area contributed by atoms with Gasteiger partial charge in [-0.3, -0.25) is 9.78 Å². The number of aromatic nitrogens is 1. The summed E-state index contributed by atoms with van der Waals surface area (Å²) in [5, 5.41) is 4.80. The summed E-state index contributed by atoms with van der Waals surface area (Å²) in [4.78, 5) is 43.5. The number of esters is 1. The summed E-state index contributed by atoms with van der Waals surface area (Å²) in [6.07, 6.45) is 4.03. The van der Waals surface area contributed by atoms with Crippen LogP contribution in [-0.2, 0) is 9.53 Å². The molecule has 1 saturated carbocycles. The number of amides is 3. The maximum atomic E-state index is 13.4. The summed E-state index contributed by atoms with van der Waals surface area (Å²) >= 11 is 6.31. The Kier molecular flexibility index (Phi) is 4.44. The van der Waals surface area contributed by atoms with Gasteiger partial charge in [0.05, 0.1) is 24.6 Å². The molecule has 0 bridgehead atoms. The van der Waals surface area contributed by atoms with Crippen LogP contribution in [0.25, 0.3) is 10.8 Å². The van der Waals surface area contributed by atoms with E-state index in [1.807, 2.05) is 24.3 Å². The van der Waals surface area contributed by atoms with Crippen molar-refractivity contribution in [3.63, 3.8) is 0 Å². The molecule has 7 nitrogen and oxygen atoms in total. The molecule has 0 atom stereocenters. The molecule has 0 radical (unpaired) electrons. The van der Waals surface area contributed by atoms with Gasteiger partial charge in [-0.15, -0.1) is 0 Å². The Balaban J connectivity index is 1.49. The van der Waals surface area contributed by atoms with E-state index >= 15 is 0 Å². The van der Waals surface area contributed by atoms with Gasteiger partial charge in [0.25, 0.3) is 5.91 Å². The van der Waals surface area contributed by atoms with E-state index in [2.05, 4.69) is 10.3 Å². The number of carbonyl (C=O) groups excluding carboxylic acids is 3. The van der Waals surface area contributed by atoms with Crippen LogP contribution in [0.5, 0.6) is 0 Å². The molecule has 5 rings (SSSR count). The van der Waals surface area contributed by atoms with E-state index < -0.39 is 17.5 Å². The maximum absolute atomic E-state index is 13.4. The number of pyridine rings is 1. The topological polar surface area (TPSA) is 88.6 Å². The van der Waals surface area contributed by atoms with Crippen molar-refractivity contribution in [2.45, 2.75) is 24.3 Å². The summed E-state index contributed by atoms with van der Waals surface area (Å²) in [6.45, 7) is 0. The monoisotopic (exact) mass is 435 g/mol. The van der Waals surface area contributed by atoms with Crippen molar-refractivity contribution >= 4 is 46.0 Å². The molecule has 3 amide bonds. The first kappa shape index (κ1) is 19.5. The zero-order chi connectivity index (χ0) is 21.8. The first-order valence-corrected chi connectivity index (χ1v) is 10.2. The first-order valence-electron chi connectivity index (χ1n) is 9.81. The highest BCUT2D eigenvalue weighted by molar-refractivity contribution is 6.31. The van der Waals surface area contributed by atoms with Crippen LogP contribution in [0.2, 0.25) is 5.02 Å². The molecule has 0 unspecified atom stereocenters. The fraction of sp³-hybridized carbons (Fsp3) is 0.217. The Morgan fingerprint density at radius 2 is 1.97 bits per heavy atom. The van der Waals surface area contributed by atoms with Crippen molar-refractivity contribution in [3.05, 3.63) is 71.0 Å². The minimum atomic E-state index is -0.955. The second-order valence-corrected chi connectivity index (χ2v) is 8.27. The molecule has 2 aliphatic rings. The van der Waals surface area contributed by atoms with E-state index in [9.17, 15) is 14.4 Å². The number of benzene rings is 2. The highest BCUT2D eigenvalue weighted by atomic mass is 35.5. The van der Waals surface area contributed by atoms with E-state index in [4.69, 9.17) is 16.3 Å². The number of nitrogens with one attached hydrogen (secondary N) is 1. The molecule has 1 aromatic heterocycles. The van der Waals surface area contributed by atoms with E-state index in [1.54, 1.807) is 24.4 Å². The molecule has 2 fully saturated rings. The molecular weight excluding hydrogens is 418 g/mol. The number of urea groups is 1. The third-order valence-electron chi connectivity index (χ3n) is 6.10. The van der Waals surface area contributed by atoms with Gasteiger partial charge in [0.15, 0.2) is 0 Å². The van der Waals surface area contributed by atoms with Crippen LogP contribution < -0.4 is 10.2 Å². The third-order valence-corrected chi connectivity index (χ3v) is 6.44. The average Bonchev–Trinajstić information content (AvgIpc) is 3.02. The summed E-state index contributed by atoms with van der Waals surface area (Å²) in [5.41, 5.74) is 0.684. The number of anilines is 1. The largest absolute Gasteiger partial charge is 0.465 e. The molecule has 1 saturated heterocycles. The van der Waals surface area contributed by atoms with Crippen LogP contribution in [0.15, 0.2) is 54.9 Å². The second kappa shape index (κ2) is 7.06. The van der Waals surface area contributed by atoms with Crippen molar-refractivity contribution in [1.82, 2.24) is 10.3 Å². The van der Waals surface area contributed by atoms with Crippen LogP contribution in [0.4, 0.5) is 10.5 Å². The van der Waals surface area contributed by atoms with Crippen molar-refractivity contribution in [2.75, 3.05) is 12.0 Å². The van der Waals surface area contributed by atoms with Gasteiger partial charge >= 0.3 is 12.0 Å². The fourth-order valence-corrected chi connectivity index (χ4v) is 4.78. The molecule has 2 aromatic carbocycles. The molecule has 3 aromatic rings. The number of methoxy groups -OCH3 is 1. The summed E-state index contributed by atoms with van der Waals surface area (Å²) < 4.78 is 4.79. The quantitative estimate of drug-likeness (QED) is 0.495. The summed E-state index contributed by atoms with van der Waals surface area (Å²) in [7, 11) is 1.30. The van der Waals surface area contributed by atoms with Gasteiger partial charge < -0.3 is 10.1 Å². The van der Waals surface area contributed by atoms with E-state index in [-0.39, 0.29) is 11.8 Å². The first-order chi connectivity index (χ1) is 14.9. The minimum Gasteiger partial charge on any atom is -0.465 e. The number of halogens is 1. The minimum absolute atomic E-state index is 0.0921. The van der Waals surface area contributed by atoms with Crippen LogP contribution in [-0.4, -0.2) is 35.5 Å². The standard InChI is InChI=1S/C23H18ClN3O4/c1-31-20(28)13-6-7-14-11-25-12-19(17(14)8-13)27-21(29)23(26-22(27)30)9-15(10-23)16-4-2-3-5-18(16)24/h2-8,11-12,15H,9-10H2,1H3,(H,26,30). The van der Waals surface area contributed by atoms with Gasteiger partial charge in [-0.05, 0) is 42.5 Å². The molecule has 1 aliphatic heterocycles. The lowest BCUT2D eigenvalue weighted by molar-refractivity contribution is -0.125. The molecule has 8 heteroatoms. The lowest BCUT2D eigenvalue weighted by Crippen LogP contribution is -2.56. The van der Waals surface area contributed by atoms with Crippen molar-refractivity contribution < 1.29 is 19.1 Å². The van der Waals surface area contributed by atoms with Gasteiger partial charge in [-0.2, -0.15) is 0 Å². The lowest BCUT2D eigenvalue weighted by Gasteiger charge is -2.43. The van der Waals surface area contributed by atoms with Gasteiger partial charge in [-0.25, -0.2) is 14.5 Å². The number of fused-ring (bicyclic) bond motifs is 1. The third kappa shape index (κ3) is 2.96. The maximum Gasteiger partial charge on any atom is 0.337 e. The summed E-state index contributed by atoms with van der Waals surface area (Å²) in [5.74, 6) is -0.729. The second-order valence-electron chi connectivity index (χ2n) is 7.87. The number of ether oxygens (including phenoxy) is 1. The number of carbonyl (C=O) groups is 3. The predicted octanol–water partition coefficient (Wildman–Crippen LogP) is 4.05. The highest BCUT2D eigenvalue weighted by Crippen LogP contribution is 2.50. The van der Waals surface area contributed by atoms with Gasteiger partial charge in [0.2, 0.25) is 0 Å². The number of nitrogens with zero attached hydrogens (tertiary/aromatic N) is 2. The Morgan fingerprint density at radius 1 is 1.19 bits per heavy atom. The molecular formula is C23H18ClN3O4. The Morgan fingerprint density at radius 3 is 2.71 bits per heavy atom. The Bertz CT molecular complexity index is 1250. The van der Waals surface area contributed by atoms with E-state index in [1.165, 1.54) is 13.3 Å². The normalized spacial score (nSPS) is 22.5. The van der Waals surface area contributed by atoms with Crippen molar-refractivity contribution in [2.24, 2.45) is 0 Å². The van der Waals surface area contributed by atoms with Crippen molar-refractivity contribution in [3.8, 4) is 0 Å². The molecule has 2 heterocycles. The molecule has 31 heavy (non-hydrogen) atoms. The summed E-state index contributed by atoms with van der Waals surface area (Å²) in [6, 6.07) is 12.0. The van der Waals surface area contributed by atoms with Gasteiger partial charge in [-0.1, -0.05) is 35.9 Å². The fourth-order valence-electron chi connectivity index (χ4n) is 4.49. The zero-order valence-electron chi connectivity index (χ0n) is 16.6. The van der Waals surface area contributed by atoms with Crippen LogP contribution in [0.1, 0.15) is 34.7 Å². The molecule has 1 spiro atoms. The smallest absolute Gasteiger partial charge is 0.337 e. The van der Waals surface area contributed by atoms with Crippen LogP contribution >= 0.6 is 11.6 Å². The highest BCUT2D eigenvalue weighted by Gasteiger charge is 2.59. The molecule has 156 valence electrons. The average molecular weight is 436 g/mol. The predicted molar refractivity (Wildman–Crippen MR) is 115 cm³/mol. The number of hydrogen-bond acceptors (Lipinski definition) is 5. The number of hydrogen-bond donors (Lipinski definition) is 1. The number of imide groups is 1. The van der Waals surface area contributed by atoms with E-state index in [0.717, 1.165) is 10.5 Å². The zero-order valence-corrected chi connectivity index (χ0v) is 17.3. The van der Waals surface area contributed by atoms with Crippen LogP contribution in [0, 0.1) is 0 Å². The van der Waals surface area contributed by atoms with Crippen molar-refractivity contribution in [1.29, 1.82) is 0 Å². The lowest BCUT2D eigenvalue weighted by atomic mass is 9.65. The SMILES string of the molecule is COC(=O)c1ccc2cncc(N3C(=O)NC4(CC(c5ccccc5Cl)C4)C3=O)c2c1. The molecule has 1 aliphatic carbocycles. The Hall–Kier alpha value is -3.45. The molecule has 1 N–H and O–H groups in total. The Labute approximate surface area is 183 Å². The van der Waals surface area contributed by atoms with E-state index in [0.29, 0.717) is 39.9 Å². The number of rotatable bonds is 3. The van der Waals surface area contributed by atoms with Gasteiger partial charge in [0.1, 0.15) is 5.54 Å².